The maximum atomic E-state index is 12.8. The molecule has 26 heavy (non-hydrogen) atoms. The molecule has 132 valence electrons. The maximum Gasteiger partial charge on any atom is 0.328 e. The summed E-state index contributed by atoms with van der Waals surface area (Å²) < 4.78 is 5.73. The molecule has 0 saturated carbocycles. The molecular formula is C20H17BrN2O3. The molecule has 6 heteroatoms. The van der Waals surface area contributed by atoms with Crippen LogP contribution in [0.15, 0.2) is 65.3 Å². The number of pyridine rings is 1. The lowest BCUT2D eigenvalue weighted by atomic mass is 10.0. The van der Waals surface area contributed by atoms with Gasteiger partial charge in [0.15, 0.2) is 0 Å². The summed E-state index contributed by atoms with van der Waals surface area (Å²) in [6, 6.07) is 15.8. The molecule has 0 bridgehead atoms. The Kier molecular flexibility index (Phi) is 5.63. The quantitative estimate of drug-likeness (QED) is 0.651. The first-order valence-electron chi connectivity index (χ1n) is 8.06. The average Bonchev–Trinajstić information content (AvgIpc) is 2.67. The van der Waals surface area contributed by atoms with Crippen molar-refractivity contribution >= 4 is 38.7 Å². The van der Waals surface area contributed by atoms with Gasteiger partial charge in [-0.2, -0.15) is 0 Å². The largest absolute Gasteiger partial charge is 0.467 e. The molecule has 0 radical (unpaired) electrons. The Hall–Kier alpha value is -2.73. The molecule has 1 heterocycles. The first kappa shape index (κ1) is 18.1. The molecule has 1 N–H and O–H groups in total. The molecule has 0 fully saturated rings. The van der Waals surface area contributed by atoms with Gasteiger partial charge in [0.2, 0.25) is 0 Å². The lowest BCUT2D eigenvalue weighted by Gasteiger charge is -2.18. The van der Waals surface area contributed by atoms with Gasteiger partial charge in [0, 0.05) is 22.5 Å². The van der Waals surface area contributed by atoms with E-state index >= 15 is 0 Å². The van der Waals surface area contributed by atoms with Gasteiger partial charge in [-0.1, -0.05) is 52.3 Å². The number of nitrogens with one attached hydrogen (secondary N) is 1. The van der Waals surface area contributed by atoms with E-state index in [0.29, 0.717) is 17.5 Å². The lowest BCUT2D eigenvalue weighted by Crippen LogP contribution is -2.43. The molecule has 1 atom stereocenters. The molecular weight excluding hydrogens is 396 g/mol. The fourth-order valence-electron chi connectivity index (χ4n) is 2.74. The van der Waals surface area contributed by atoms with Crippen LogP contribution in [0, 0.1) is 0 Å². The highest BCUT2D eigenvalue weighted by molar-refractivity contribution is 9.10. The van der Waals surface area contributed by atoms with Crippen LogP contribution in [0.1, 0.15) is 15.9 Å². The Morgan fingerprint density at radius 2 is 1.88 bits per heavy atom. The van der Waals surface area contributed by atoms with Crippen LogP contribution in [0.25, 0.3) is 10.9 Å². The van der Waals surface area contributed by atoms with Crippen LogP contribution in [0.3, 0.4) is 0 Å². The Bertz CT molecular complexity index is 953. The second-order valence-corrected chi connectivity index (χ2v) is 6.58. The summed E-state index contributed by atoms with van der Waals surface area (Å²) in [5, 5.41) is 3.64. The summed E-state index contributed by atoms with van der Waals surface area (Å²) in [7, 11) is 1.31. The monoisotopic (exact) mass is 412 g/mol. The number of carbonyl (C=O) groups is 2. The van der Waals surface area contributed by atoms with Crippen LogP contribution in [0.5, 0.6) is 0 Å². The number of amides is 1. The number of rotatable bonds is 5. The van der Waals surface area contributed by atoms with Crippen LogP contribution in [0.4, 0.5) is 0 Å². The van der Waals surface area contributed by atoms with Gasteiger partial charge >= 0.3 is 5.97 Å². The Morgan fingerprint density at radius 1 is 1.12 bits per heavy atom. The van der Waals surface area contributed by atoms with Crippen molar-refractivity contribution in [3.8, 4) is 0 Å². The molecule has 3 aromatic rings. The molecule has 1 amide bonds. The Balaban J connectivity index is 1.88. The number of fused-ring (bicyclic) bond motifs is 1. The van der Waals surface area contributed by atoms with E-state index in [1.54, 1.807) is 18.3 Å². The molecule has 0 saturated heterocycles. The van der Waals surface area contributed by atoms with E-state index in [4.69, 9.17) is 4.74 Å². The summed E-state index contributed by atoms with van der Waals surface area (Å²) in [5.41, 5.74) is 1.92. The van der Waals surface area contributed by atoms with E-state index in [1.807, 2.05) is 42.5 Å². The minimum absolute atomic E-state index is 0.317. The van der Waals surface area contributed by atoms with Gasteiger partial charge in [0.25, 0.3) is 5.91 Å². The van der Waals surface area contributed by atoms with E-state index in [9.17, 15) is 9.59 Å². The zero-order chi connectivity index (χ0) is 18.5. The number of benzene rings is 2. The van der Waals surface area contributed by atoms with E-state index in [2.05, 4.69) is 26.2 Å². The highest BCUT2D eigenvalue weighted by atomic mass is 79.9. The molecule has 0 unspecified atom stereocenters. The van der Waals surface area contributed by atoms with Crippen molar-refractivity contribution in [1.82, 2.24) is 10.3 Å². The lowest BCUT2D eigenvalue weighted by molar-refractivity contribution is -0.142. The molecule has 5 nitrogen and oxygen atoms in total. The van der Waals surface area contributed by atoms with Gasteiger partial charge in [-0.15, -0.1) is 0 Å². The van der Waals surface area contributed by atoms with Gasteiger partial charge in [0.1, 0.15) is 6.04 Å². The summed E-state index contributed by atoms with van der Waals surface area (Å²) in [4.78, 5) is 29.3. The molecule has 1 aromatic heterocycles. The normalized spacial score (nSPS) is 11.8. The Labute approximate surface area is 159 Å². The number of esters is 1. The molecule has 0 spiro atoms. The van der Waals surface area contributed by atoms with Crippen LogP contribution in [0.2, 0.25) is 0 Å². The topological polar surface area (TPSA) is 68.3 Å². The van der Waals surface area contributed by atoms with Gasteiger partial charge in [-0.3, -0.25) is 9.78 Å². The predicted molar refractivity (Wildman–Crippen MR) is 103 cm³/mol. The van der Waals surface area contributed by atoms with E-state index in [-0.39, 0.29) is 5.91 Å². The summed E-state index contributed by atoms with van der Waals surface area (Å²) >= 11 is 3.46. The Morgan fingerprint density at radius 3 is 2.65 bits per heavy atom. The number of nitrogens with zero attached hydrogens (tertiary/aromatic N) is 1. The van der Waals surface area contributed by atoms with Crippen molar-refractivity contribution in [2.24, 2.45) is 0 Å². The molecule has 0 aliphatic carbocycles. The molecule has 2 aromatic carbocycles. The number of halogens is 1. The summed E-state index contributed by atoms with van der Waals surface area (Å²) in [5.74, 6) is -0.862. The maximum absolute atomic E-state index is 12.8. The van der Waals surface area contributed by atoms with E-state index in [0.717, 1.165) is 15.4 Å². The fraction of sp³-hybridized carbons (Fsp3) is 0.150. The average molecular weight is 413 g/mol. The van der Waals surface area contributed by atoms with Crippen LogP contribution < -0.4 is 5.32 Å². The number of ether oxygens (including phenoxy) is 1. The van der Waals surface area contributed by atoms with Gasteiger partial charge < -0.3 is 10.1 Å². The number of hydrogen-bond donors (Lipinski definition) is 1. The fourth-order valence-corrected chi connectivity index (χ4v) is 3.19. The van der Waals surface area contributed by atoms with Crippen molar-refractivity contribution in [2.45, 2.75) is 12.5 Å². The summed E-state index contributed by atoms with van der Waals surface area (Å²) in [6.45, 7) is 0. The number of aromatic nitrogens is 1. The number of carbonyl (C=O) groups excluding carboxylic acids is 2. The number of hydrogen-bond acceptors (Lipinski definition) is 4. The van der Waals surface area contributed by atoms with Crippen molar-refractivity contribution in [3.63, 3.8) is 0 Å². The first-order valence-corrected chi connectivity index (χ1v) is 8.85. The zero-order valence-corrected chi connectivity index (χ0v) is 15.7. The molecule has 0 aliphatic rings. The number of methoxy groups -OCH3 is 1. The van der Waals surface area contributed by atoms with E-state index in [1.165, 1.54) is 7.11 Å². The first-order chi connectivity index (χ1) is 12.6. The van der Waals surface area contributed by atoms with E-state index < -0.39 is 12.0 Å². The third kappa shape index (κ3) is 3.91. The standard InChI is InChI=1S/C20H17BrN2O3/c1-26-20(25)17(12-14-6-2-3-10-16(14)21)23-19(24)15-9-4-7-13-8-5-11-22-18(13)15/h2-11,17H,12H2,1H3,(H,23,24)/t17-/m0/s1. The van der Waals surface area contributed by atoms with Gasteiger partial charge in [0.05, 0.1) is 18.2 Å². The van der Waals surface area contributed by atoms with Crippen molar-refractivity contribution in [3.05, 3.63) is 76.4 Å². The number of para-hydroxylation sites is 1. The zero-order valence-electron chi connectivity index (χ0n) is 14.1. The van der Waals surface area contributed by atoms with Crippen molar-refractivity contribution < 1.29 is 14.3 Å². The van der Waals surface area contributed by atoms with Crippen LogP contribution in [-0.2, 0) is 16.0 Å². The van der Waals surface area contributed by atoms with Gasteiger partial charge in [-0.25, -0.2) is 4.79 Å². The second-order valence-electron chi connectivity index (χ2n) is 5.73. The molecule has 0 aliphatic heterocycles. The predicted octanol–water partition coefficient (Wildman–Crippen LogP) is 3.51. The molecule has 3 rings (SSSR count). The minimum Gasteiger partial charge on any atom is -0.467 e. The van der Waals surface area contributed by atoms with Crippen molar-refractivity contribution in [2.75, 3.05) is 7.11 Å². The third-order valence-corrected chi connectivity index (χ3v) is 4.82. The highest BCUT2D eigenvalue weighted by Crippen LogP contribution is 2.19. The third-order valence-electron chi connectivity index (χ3n) is 4.05. The van der Waals surface area contributed by atoms with Crippen LogP contribution >= 0.6 is 15.9 Å². The van der Waals surface area contributed by atoms with Crippen LogP contribution in [-0.4, -0.2) is 30.0 Å². The smallest absolute Gasteiger partial charge is 0.328 e. The van der Waals surface area contributed by atoms with Crippen molar-refractivity contribution in [1.29, 1.82) is 0 Å². The summed E-state index contributed by atoms with van der Waals surface area (Å²) in [6.07, 6.45) is 1.95. The van der Waals surface area contributed by atoms with Gasteiger partial charge in [-0.05, 0) is 23.8 Å². The highest BCUT2D eigenvalue weighted by Gasteiger charge is 2.24. The SMILES string of the molecule is COC(=O)[C@H](Cc1ccccc1Br)NC(=O)c1cccc2cccnc12. The minimum atomic E-state index is -0.801. The second kappa shape index (κ2) is 8.10.